The summed E-state index contributed by atoms with van der Waals surface area (Å²) in [6.45, 7) is 5.13. The van der Waals surface area contributed by atoms with Gasteiger partial charge in [-0.2, -0.15) is 0 Å². The van der Waals surface area contributed by atoms with E-state index in [1.54, 1.807) is 6.07 Å². The minimum Gasteiger partial charge on any atom is -0.313 e. The highest BCUT2D eigenvalue weighted by molar-refractivity contribution is 7.89. The Balaban J connectivity index is 1.99. The van der Waals surface area contributed by atoms with Gasteiger partial charge in [-0.15, -0.1) is 0 Å². The van der Waals surface area contributed by atoms with Crippen molar-refractivity contribution in [2.75, 3.05) is 13.1 Å². The van der Waals surface area contributed by atoms with Gasteiger partial charge in [-0.3, -0.25) is 0 Å². The minimum atomic E-state index is -3.37. The zero-order chi connectivity index (χ0) is 13.9. The Morgan fingerprint density at radius 2 is 1.89 bits per heavy atom. The van der Waals surface area contributed by atoms with Crippen LogP contribution in [0, 0.1) is 0 Å². The number of sulfonamides is 1. The number of hydrogen-bond acceptors (Lipinski definition) is 3. The molecule has 4 nitrogen and oxygen atoms in total. The summed E-state index contributed by atoms with van der Waals surface area (Å²) in [6.07, 6.45) is 3.19. The zero-order valence-corrected chi connectivity index (χ0v) is 12.4. The van der Waals surface area contributed by atoms with E-state index in [0.717, 1.165) is 19.3 Å². The van der Waals surface area contributed by atoms with Gasteiger partial charge in [0.1, 0.15) is 0 Å². The second-order valence-corrected chi connectivity index (χ2v) is 7.06. The maximum atomic E-state index is 12.1. The summed E-state index contributed by atoms with van der Waals surface area (Å²) in [7, 11) is -3.37. The smallest absolute Gasteiger partial charge is 0.240 e. The van der Waals surface area contributed by atoms with E-state index in [1.165, 1.54) is 11.1 Å². The van der Waals surface area contributed by atoms with Gasteiger partial charge in [-0.25, -0.2) is 13.1 Å². The molecule has 19 heavy (non-hydrogen) atoms. The second kappa shape index (κ2) is 6.03. The minimum absolute atomic E-state index is 0.365. The molecule has 1 aliphatic rings. The molecule has 0 spiro atoms. The first-order valence-corrected chi connectivity index (χ1v) is 8.32. The Morgan fingerprint density at radius 3 is 2.63 bits per heavy atom. The third-order valence-electron chi connectivity index (χ3n) is 3.35. The molecule has 0 aliphatic heterocycles. The summed E-state index contributed by atoms with van der Waals surface area (Å²) in [4.78, 5) is 0.387. The predicted molar refractivity (Wildman–Crippen MR) is 76.8 cm³/mol. The summed E-state index contributed by atoms with van der Waals surface area (Å²) >= 11 is 0. The number of rotatable bonds is 6. The van der Waals surface area contributed by atoms with Gasteiger partial charge in [-0.05, 0) is 42.5 Å². The maximum absolute atomic E-state index is 12.1. The molecule has 5 heteroatoms. The second-order valence-electron chi connectivity index (χ2n) is 5.29. The van der Waals surface area contributed by atoms with Crippen molar-refractivity contribution in [1.82, 2.24) is 10.0 Å². The average Bonchev–Trinajstić information content (AvgIpc) is 2.81. The van der Waals surface area contributed by atoms with Gasteiger partial charge >= 0.3 is 0 Å². The summed E-state index contributed by atoms with van der Waals surface area (Å²) in [6, 6.07) is 5.84. The highest BCUT2D eigenvalue weighted by Gasteiger charge is 2.17. The van der Waals surface area contributed by atoms with Crippen LogP contribution in [0.25, 0.3) is 0 Å². The van der Waals surface area contributed by atoms with E-state index >= 15 is 0 Å². The lowest BCUT2D eigenvalue weighted by molar-refractivity contribution is 0.559. The molecule has 0 fully saturated rings. The summed E-state index contributed by atoms with van der Waals surface area (Å²) in [5, 5.41) is 3.18. The predicted octanol–water partition coefficient (Wildman–Crippen LogP) is 1.45. The SMILES string of the molecule is CC(C)NCCNS(=O)(=O)c1ccc2c(c1)CCC2. The molecule has 0 bridgehead atoms. The molecule has 1 aromatic carbocycles. The first-order valence-electron chi connectivity index (χ1n) is 6.84. The maximum Gasteiger partial charge on any atom is 0.240 e. The van der Waals surface area contributed by atoms with Gasteiger partial charge in [0, 0.05) is 19.1 Å². The Kier molecular flexibility index (Phi) is 4.60. The van der Waals surface area contributed by atoms with Crippen molar-refractivity contribution in [2.24, 2.45) is 0 Å². The summed E-state index contributed by atoms with van der Waals surface area (Å²) in [5.74, 6) is 0. The molecule has 0 saturated carbocycles. The van der Waals surface area contributed by atoms with Crippen LogP contribution in [-0.2, 0) is 22.9 Å². The molecule has 0 aromatic heterocycles. The van der Waals surface area contributed by atoms with Crippen LogP contribution in [0.2, 0.25) is 0 Å². The fourth-order valence-corrected chi connectivity index (χ4v) is 3.43. The van der Waals surface area contributed by atoms with Gasteiger partial charge in [0.2, 0.25) is 10.0 Å². The van der Waals surface area contributed by atoms with Crippen molar-refractivity contribution in [1.29, 1.82) is 0 Å². The lowest BCUT2D eigenvalue weighted by Gasteiger charge is -2.10. The molecule has 106 valence electrons. The highest BCUT2D eigenvalue weighted by Crippen LogP contribution is 2.24. The van der Waals surface area contributed by atoms with Gasteiger partial charge in [0.15, 0.2) is 0 Å². The normalized spacial score (nSPS) is 14.9. The van der Waals surface area contributed by atoms with E-state index in [9.17, 15) is 8.42 Å². The van der Waals surface area contributed by atoms with Crippen molar-refractivity contribution in [3.8, 4) is 0 Å². The van der Waals surface area contributed by atoms with Gasteiger partial charge in [0.05, 0.1) is 4.90 Å². The van der Waals surface area contributed by atoms with E-state index < -0.39 is 10.0 Å². The molecular formula is C14H22N2O2S. The van der Waals surface area contributed by atoms with Crippen molar-refractivity contribution in [2.45, 2.75) is 44.0 Å². The Bertz CT molecular complexity index is 538. The van der Waals surface area contributed by atoms with Crippen LogP contribution in [0.4, 0.5) is 0 Å². The van der Waals surface area contributed by atoms with E-state index in [1.807, 2.05) is 26.0 Å². The molecular weight excluding hydrogens is 260 g/mol. The molecule has 0 heterocycles. The van der Waals surface area contributed by atoms with Crippen molar-refractivity contribution in [3.63, 3.8) is 0 Å². The van der Waals surface area contributed by atoms with E-state index in [2.05, 4.69) is 10.0 Å². The standard InChI is InChI=1S/C14H22N2O2S/c1-11(2)15-8-9-16-19(17,18)14-7-6-12-4-3-5-13(12)10-14/h6-7,10-11,15-16H,3-5,8-9H2,1-2H3. The number of nitrogens with one attached hydrogen (secondary N) is 2. The fourth-order valence-electron chi connectivity index (χ4n) is 2.34. The molecule has 0 amide bonds. The van der Waals surface area contributed by atoms with Crippen LogP contribution in [-0.4, -0.2) is 27.5 Å². The van der Waals surface area contributed by atoms with Gasteiger partial charge in [0.25, 0.3) is 0 Å². The molecule has 2 N–H and O–H groups in total. The van der Waals surface area contributed by atoms with Crippen LogP contribution in [0.5, 0.6) is 0 Å². The summed E-state index contributed by atoms with van der Waals surface area (Å²) < 4.78 is 26.9. The van der Waals surface area contributed by atoms with E-state index in [-0.39, 0.29) is 0 Å². The third-order valence-corrected chi connectivity index (χ3v) is 4.81. The average molecular weight is 282 g/mol. The Morgan fingerprint density at radius 1 is 1.16 bits per heavy atom. The van der Waals surface area contributed by atoms with Crippen LogP contribution in [0.1, 0.15) is 31.4 Å². The largest absolute Gasteiger partial charge is 0.313 e. The topological polar surface area (TPSA) is 58.2 Å². The number of fused-ring (bicyclic) bond motifs is 1. The van der Waals surface area contributed by atoms with Crippen LogP contribution in [0.15, 0.2) is 23.1 Å². The molecule has 1 aromatic rings. The van der Waals surface area contributed by atoms with Crippen molar-refractivity contribution in [3.05, 3.63) is 29.3 Å². The Hall–Kier alpha value is -0.910. The van der Waals surface area contributed by atoms with E-state index in [4.69, 9.17) is 0 Å². The molecule has 0 saturated heterocycles. The van der Waals surface area contributed by atoms with Gasteiger partial charge < -0.3 is 5.32 Å². The number of benzene rings is 1. The Labute approximate surface area is 115 Å². The molecule has 1 aliphatic carbocycles. The van der Waals surface area contributed by atoms with Crippen LogP contribution < -0.4 is 10.0 Å². The first-order chi connectivity index (χ1) is 8.99. The molecule has 0 atom stereocenters. The zero-order valence-electron chi connectivity index (χ0n) is 11.6. The van der Waals surface area contributed by atoms with Crippen LogP contribution >= 0.6 is 0 Å². The molecule has 0 unspecified atom stereocenters. The first kappa shape index (κ1) is 14.5. The van der Waals surface area contributed by atoms with Crippen molar-refractivity contribution < 1.29 is 8.42 Å². The highest BCUT2D eigenvalue weighted by atomic mass is 32.2. The lowest BCUT2D eigenvalue weighted by atomic mass is 10.1. The lowest BCUT2D eigenvalue weighted by Crippen LogP contribution is -2.34. The van der Waals surface area contributed by atoms with Crippen LogP contribution in [0.3, 0.4) is 0 Å². The third kappa shape index (κ3) is 3.78. The van der Waals surface area contributed by atoms with Gasteiger partial charge in [-0.1, -0.05) is 19.9 Å². The van der Waals surface area contributed by atoms with Crippen molar-refractivity contribution >= 4 is 10.0 Å². The van der Waals surface area contributed by atoms with E-state index in [0.29, 0.717) is 24.0 Å². The molecule has 0 radical (unpaired) electrons. The number of hydrogen-bond donors (Lipinski definition) is 2. The molecule has 2 rings (SSSR count). The monoisotopic (exact) mass is 282 g/mol. The number of aryl methyl sites for hydroxylation is 2. The quantitative estimate of drug-likeness (QED) is 0.777. The fraction of sp³-hybridized carbons (Fsp3) is 0.571. The summed E-state index contributed by atoms with van der Waals surface area (Å²) in [5.41, 5.74) is 2.48.